The van der Waals surface area contributed by atoms with Crippen molar-refractivity contribution in [2.75, 3.05) is 12.4 Å². The first-order valence-corrected chi connectivity index (χ1v) is 10.1. The van der Waals surface area contributed by atoms with Crippen molar-refractivity contribution >= 4 is 33.9 Å². The Hall–Kier alpha value is -2.91. The number of ether oxygens (including phenoxy) is 1. The fourth-order valence-corrected chi connectivity index (χ4v) is 4.00. The summed E-state index contributed by atoms with van der Waals surface area (Å²) < 4.78 is 24.5. The fourth-order valence-electron chi connectivity index (χ4n) is 2.35. The topological polar surface area (TPSA) is 73.1 Å². The van der Waals surface area contributed by atoms with Crippen LogP contribution in [-0.2, 0) is 5.75 Å². The highest BCUT2D eigenvalue weighted by Crippen LogP contribution is 2.30. The largest absolute Gasteiger partial charge is 0.497 e. The minimum Gasteiger partial charge on any atom is -0.497 e. The molecule has 0 aliphatic rings. The van der Waals surface area contributed by atoms with Gasteiger partial charge in [0.25, 0.3) is 0 Å². The molecule has 0 bridgehead atoms. The minimum absolute atomic E-state index is 0.290. The molecule has 2 heterocycles. The van der Waals surface area contributed by atoms with E-state index in [1.54, 1.807) is 25.5 Å². The van der Waals surface area contributed by atoms with Crippen molar-refractivity contribution in [3.05, 3.63) is 66.3 Å². The van der Waals surface area contributed by atoms with Gasteiger partial charge >= 0.3 is 0 Å². The molecule has 0 spiro atoms. The van der Waals surface area contributed by atoms with E-state index in [4.69, 9.17) is 9.15 Å². The molecule has 6 nitrogen and oxygen atoms in total. The molecule has 142 valence electrons. The van der Waals surface area contributed by atoms with Crippen LogP contribution in [0, 0.1) is 5.82 Å². The average molecular weight is 414 g/mol. The van der Waals surface area contributed by atoms with Crippen LogP contribution in [0.2, 0.25) is 0 Å². The number of thioether (sulfide) groups is 1. The SMILES string of the molecule is COc1ccc(Nc2nnc(SCc3coc(-c4ccc(F)cc4)n3)s2)cc1. The van der Waals surface area contributed by atoms with Gasteiger partial charge in [-0.2, -0.15) is 0 Å². The molecule has 0 saturated carbocycles. The van der Waals surface area contributed by atoms with Gasteiger partial charge in [-0.3, -0.25) is 0 Å². The number of rotatable bonds is 7. The van der Waals surface area contributed by atoms with Crippen molar-refractivity contribution in [3.63, 3.8) is 0 Å². The molecule has 2 aromatic carbocycles. The maximum absolute atomic E-state index is 13.0. The van der Waals surface area contributed by atoms with Crippen LogP contribution in [0.5, 0.6) is 5.75 Å². The maximum atomic E-state index is 13.0. The normalized spacial score (nSPS) is 10.8. The van der Waals surface area contributed by atoms with Crippen molar-refractivity contribution in [2.45, 2.75) is 10.1 Å². The lowest BCUT2D eigenvalue weighted by Gasteiger charge is -2.03. The fraction of sp³-hybridized carbons (Fsp3) is 0.105. The molecule has 1 N–H and O–H groups in total. The van der Waals surface area contributed by atoms with Gasteiger partial charge in [-0.25, -0.2) is 9.37 Å². The van der Waals surface area contributed by atoms with E-state index in [9.17, 15) is 4.39 Å². The van der Waals surface area contributed by atoms with Crippen molar-refractivity contribution in [1.29, 1.82) is 0 Å². The Kier molecular flexibility index (Phi) is 5.54. The molecule has 0 atom stereocenters. The number of hydrogen-bond acceptors (Lipinski definition) is 8. The number of hydrogen-bond donors (Lipinski definition) is 1. The summed E-state index contributed by atoms with van der Waals surface area (Å²) in [6, 6.07) is 13.6. The Morgan fingerprint density at radius 2 is 1.89 bits per heavy atom. The number of benzene rings is 2. The lowest BCUT2D eigenvalue weighted by Crippen LogP contribution is -1.89. The zero-order valence-electron chi connectivity index (χ0n) is 14.8. The summed E-state index contributed by atoms with van der Waals surface area (Å²) >= 11 is 2.98. The first-order valence-electron chi connectivity index (χ1n) is 8.27. The molecule has 0 unspecified atom stereocenters. The molecule has 28 heavy (non-hydrogen) atoms. The van der Waals surface area contributed by atoms with Crippen LogP contribution < -0.4 is 10.1 Å². The highest BCUT2D eigenvalue weighted by atomic mass is 32.2. The molecule has 9 heteroatoms. The van der Waals surface area contributed by atoms with Gasteiger partial charge in [-0.05, 0) is 48.5 Å². The second-order valence-corrected chi connectivity index (χ2v) is 7.87. The Morgan fingerprint density at radius 3 is 2.64 bits per heavy atom. The van der Waals surface area contributed by atoms with E-state index in [2.05, 4.69) is 20.5 Å². The highest BCUT2D eigenvalue weighted by Gasteiger charge is 2.10. The average Bonchev–Trinajstić information content (AvgIpc) is 3.37. The van der Waals surface area contributed by atoms with Gasteiger partial charge in [-0.15, -0.1) is 10.2 Å². The number of halogens is 1. The summed E-state index contributed by atoms with van der Waals surface area (Å²) in [6.45, 7) is 0. The number of nitrogens with one attached hydrogen (secondary N) is 1. The van der Waals surface area contributed by atoms with Gasteiger partial charge in [0.2, 0.25) is 11.0 Å². The quantitative estimate of drug-likeness (QED) is 0.407. The smallest absolute Gasteiger partial charge is 0.226 e. The van der Waals surface area contributed by atoms with Crippen LogP contribution in [0.4, 0.5) is 15.2 Å². The van der Waals surface area contributed by atoms with E-state index in [1.165, 1.54) is 35.2 Å². The molecule has 0 fully saturated rings. The number of anilines is 2. The number of aromatic nitrogens is 3. The van der Waals surface area contributed by atoms with E-state index >= 15 is 0 Å². The van der Waals surface area contributed by atoms with E-state index in [0.717, 1.165) is 27.0 Å². The van der Waals surface area contributed by atoms with Gasteiger partial charge in [0, 0.05) is 17.0 Å². The third-order valence-corrected chi connectivity index (χ3v) is 5.74. The van der Waals surface area contributed by atoms with Crippen molar-refractivity contribution in [3.8, 4) is 17.2 Å². The second kappa shape index (κ2) is 8.41. The Bertz CT molecular complexity index is 1050. The predicted molar refractivity (Wildman–Crippen MR) is 108 cm³/mol. The van der Waals surface area contributed by atoms with Crippen molar-refractivity contribution in [2.24, 2.45) is 0 Å². The van der Waals surface area contributed by atoms with E-state index in [1.807, 2.05) is 24.3 Å². The predicted octanol–water partition coefficient (Wildman–Crippen LogP) is 5.38. The molecule has 0 saturated heterocycles. The van der Waals surface area contributed by atoms with Crippen LogP contribution in [-0.4, -0.2) is 22.3 Å². The molecule has 0 aliphatic heterocycles. The standard InChI is InChI=1S/C19H15FN4O2S2/c1-25-16-8-6-14(7-9-16)22-18-23-24-19(28-18)27-11-15-10-26-17(21-15)12-2-4-13(20)5-3-12/h2-10H,11H2,1H3,(H,22,23). The molecule has 2 aromatic heterocycles. The molecule has 4 aromatic rings. The number of nitrogens with zero attached hydrogens (tertiary/aromatic N) is 3. The third-order valence-electron chi connectivity index (χ3n) is 3.73. The zero-order valence-corrected chi connectivity index (χ0v) is 16.4. The summed E-state index contributed by atoms with van der Waals surface area (Å²) in [7, 11) is 1.63. The number of oxazole rings is 1. The van der Waals surface area contributed by atoms with E-state index in [0.29, 0.717) is 16.8 Å². The molecule has 0 amide bonds. The van der Waals surface area contributed by atoms with Crippen molar-refractivity contribution < 1.29 is 13.5 Å². The molecular formula is C19H15FN4O2S2. The van der Waals surface area contributed by atoms with Crippen molar-refractivity contribution in [1.82, 2.24) is 15.2 Å². The summed E-state index contributed by atoms with van der Waals surface area (Å²) in [5.41, 5.74) is 2.43. The molecule has 0 radical (unpaired) electrons. The first kappa shape index (κ1) is 18.5. The van der Waals surface area contributed by atoms with Crippen LogP contribution in [0.3, 0.4) is 0 Å². The second-order valence-electron chi connectivity index (χ2n) is 5.67. The summed E-state index contributed by atoms with van der Waals surface area (Å²) in [4.78, 5) is 4.44. The van der Waals surface area contributed by atoms with E-state index in [-0.39, 0.29) is 5.82 Å². The van der Waals surface area contributed by atoms with Crippen LogP contribution in [0.25, 0.3) is 11.5 Å². The van der Waals surface area contributed by atoms with Crippen LogP contribution in [0.1, 0.15) is 5.69 Å². The maximum Gasteiger partial charge on any atom is 0.226 e. The summed E-state index contributed by atoms with van der Waals surface area (Å²) in [5, 5.41) is 12.3. The molecule has 4 rings (SSSR count). The highest BCUT2D eigenvalue weighted by molar-refractivity contribution is 8.00. The lowest BCUT2D eigenvalue weighted by molar-refractivity contribution is 0.415. The lowest BCUT2D eigenvalue weighted by atomic mass is 10.2. The van der Waals surface area contributed by atoms with Gasteiger partial charge in [0.15, 0.2) is 4.34 Å². The Morgan fingerprint density at radius 1 is 1.11 bits per heavy atom. The van der Waals surface area contributed by atoms with Gasteiger partial charge in [0.05, 0.1) is 12.8 Å². The van der Waals surface area contributed by atoms with Gasteiger partial charge < -0.3 is 14.5 Å². The molecular weight excluding hydrogens is 399 g/mol. The Balaban J connectivity index is 1.35. The van der Waals surface area contributed by atoms with Crippen LogP contribution >= 0.6 is 23.1 Å². The minimum atomic E-state index is -0.290. The molecule has 0 aliphatic carbocycles. The van der Waals surface area contributed by atoms with Gasteiger partial charge in [-0.1, -0.05) is 23.1 Å². The van der Waals surface area contributed by atoms with Gasteiger partial charge in [0.1, 0.15) is 17.8 Å². The van der Waals surface area contributed by atoms with E-state index < -0.39 is 0 Å². The summed E-state index contributed by atoms with van der Waals surface area (Å²) in [6.07, 6.45) is 1.60. The Labute approximate surface area is 168 Å². The third kappa shape index (κ3) is 4.49. The summed E-state index contributed by atoms with van der Waals surface area (Å²) in [5.74, 6) is 1.57. The monoisotopic (exact) mass is 414 g/mol. The first-order chi connectivity index (χ1) is 13.7. The van der Waals surface area contributed by atoms with Crippen LogP contribution in [0.15, 0.2) is 63.6 Å². The zero-order chi connectivity index (χ0) is 19.3. The number of methoxy groups -OCH3 is 1.